The summed E-state index contributed by atoms with van der Waals surface area (Å²) >= 11 is 0. The molecule has 0 saturated heterocycles. The average molecular weight is 335 g/mol. The first-order valence-electron chi connectivity index (χ1n) is 7.83. The van der Waals surface area contributed by atoms with Crippen molar-refractivity contribution in [3.63, 3.8) is 0 Å². The normalized spacial score (nSPS) is 10.2. The number of nitro groups is 1. The minimum atomic E-state index is -0.440. The molecule has 0 aliphatic heterocycles. The van der Waals surface area contributed by atoms with Gasteiger partial charge in [0.15, 0.2) is 0 Å². The van der Waals surface area contributed by atoms with Crippen LogP contribution in [-0.2, 0) is 13.2 Å². The molecule has 3 rings (SSSR count). The molecule has 0 atom stereocenters. The summed E-state index contributed by atoms with van der Waals surface area (Å²) in [5, 5.41) is 10.8. The third-order valence-corrected chi connectivity index (χ3v) is 3.58. The molecule has 5 heteroatoms. The minimum absolute atomic E-state index is 0.0115. The van der Waals surface area contributed by atoms with Crippen molar-refractivity contribution in [1.82, 2.24) is 0 Å². The SMILES string of the molecule is O=[N+]([O-])c1cccc(OCc2cccc(OCc3ccccc3)c2)c1. The number of nitrogens with zero attached hydrogens (tertiary/aromatic N) is 1. The van der Waals surface area contributed by atoms with Crippen molar-refractivity contribution in [2.75, 3.05) is 0 Å². The van der Waals surface area contributed by atoms with E-state index in [1.165, 1.54) is 12.1 Å². The zero-order chi connectivity index (χ0) is 17.5. The van der Waals surface area contributed by atoms with Crippen LogP contribution in [0.2, 0.25) is 0 Å². The largest absolute Gasteiger partial charge is 0.489 e. The number of rotatable bonds is 7. The standard InChI is InChI=1S/C20H17NO4/c22-21(23)18-9-5-11-20(13-18)25-15-17-8-4-10-19(12-17)24-14-16-6-2-1-3-7-16/h1-13H,14-15H2. The maximum absolute atomic E-state index is 10.8. The zero-order valence-corrected chi connectivity index (χ0v) is 13.5. The van der Waals surface area contributed by atoms with Crippen LogP contribution in [0.25, 0.3) is 0 Å². The molecule has 0 spiro atoms. The van der Waals surface area contributed by atoms with E-state index in [1.807, 2.05) is 54.6 Å². The Morgan fingerprint density at radius 1 is 0.720 bits per heavy atom. The highest BCUT2D eigenvalue weighted by Crippen LogP contribution is 2.21. The molecule has 0 radical (unpaired) electrons. The summed E-state index contributed by atoms with van der Waals surface area (Å²) in [7, 11) is 0. The number of nitro benzene ring substituents is 1. The molecule has 3 aromatic rings. The molecule has 0 saturated carbocycles. The Morgan fingerprint density at radius 3 is 2.04 bits per heavy atom. The second-order valence-corrected chi connectivity index (χ2v) is 5.46. The van der Waals surface area contributed by atoms with Crippen molar-refractivity contribution < 1.29 is 14.4 Å². The van der Waals surface area contributed by atoms with Crippen molar-refractivity contribution >= 4 is 5.69 Å². The van der Waals surface area contributed by atoms with Gasteiger partial charge in [0.05, 0.1) is 11.0 Å². The van der Waals surface area contributed by atoms with Gasteiger partial charge in [0.2, 0.25) is 0 Å². The Morgan fingerprint density at radius 2 is 1.32 bits per heavy atom. The first-order valence-corrected chi connectivity index (χ1v) is 7.83. The number of hydrogen-bond donors (Lipinski definition) is 0. The maximum atomic E-state index is 10.8. The van der Waals surface area contributed by atoms with E-state index >= 15 is 0 Å². The lowest BCUT2D eigenvalue weighted by Crippen LogP contribution is -1.98. The number of hydrogen-bond acceptors (Lipinski definition) is 4. The van der Waals surface area contributed by atoms with E-state index in [0.29, 0.717) is 19.0 Å². The summed E-state index contributed by atoms with van der Waals surface area (Å²) in [6.07, 6.45) is 0. The lowest BCUT2D eigenvalue weighted by atomic mass is 10.2. The molecule has 0 N–H and O–H groups in total. The minimum Gasteiger partial charge on any atom is -0.489 e. The Labute approximate surface area is 145 Å². The number of non-ortho nitro benzene ring substituents is 1. The molecule has 0 amide bonds. The molecule has 0 aromatic heterocycles. The smallest absolute Gasteiger partial charge is 0.273 e. The van der Waals surface area contributed by atoms with Crippen LogP contribution in [0.15, 0.2) is 78.9 Å². The molecule has 0 unspecified atom stereocenters. The van der Waals surface area contributed by atoms with Gasteiger partial charge in [-0.2, -0.15) is 0 Å². The molecule has 126 valence electrons. The first kappa shape index (κ1) is 16.5. The average Bonchev–Trinajstić information content (AvgIpc) is 2.66. The van der Waals surface area contributed by atoms with Gasteiger partial charge in [-0.05, 0) is 29.3 Å². The fraction of sp³-hybridized carbons (Fsp3) is 0.100. The van der Waals surface area contributed by atoms with Crippen molar-refractivity contribution in [1.29, 1.82) is 0 Å². The lowest BCUT2D eigenvalue weighted by molar-refractivity contribution is -0.384. The monoisotopic (exact) mass is 335 g/mol. The van der Waals surface area contributed by atoms with E-state index in [4.69, 9.17) is 9.47 Å². The van der Waals surface area contributed by atoms with Gasteiger partial charge >= 0.3 is 0 Å². The molecule has 5 nitrogen and oxygen atoms in total. The summed E-state index contributed by atoms with van der Waals surface area (Å²) < 4.78 is 11.4. The summed E-state index contributed by atoms with van der Waals surface area (Å²) in [6.45, 7) is 0.805. The number of benzene rings is 3. The maximum Gasteiger partial charge on any atom is 0.273 e. The van der Waals surface area contributed by atoms with E-state index in [-0.39, 0.29) is 5.69 Å². The molecule has 0 bridgehead atoms. The molecule has 0 fully saturated rings. The third kappa shape index (κ3) is 4.81. The Balaban J connectivity index is 1.60. The van der Waals surface area contributed by atoms with Crippen LogP contribution in [0.4, 0.5) is 5.69 Å². The quantitative estimate of drug-likeness (QED) is 0.461. The Hall–Kier alpha value is -3.34. The molecule has 0 aliphatic carbocycles. The van der Waals surface area contributed by atoms with Gasteiger partial charge in [0.25, 0.3) is 5.69 Å². The first-order chi connectivity index (χ1) is 12.2. The Kier molecular flexibility index (Phi) is 5.26. The van der Waals surface area contributed by atoms with Crippen LogP contribution in [0.3, 0.4) is 0 Å². The van der Waals surface area contributed by atoms with Gasteiger partial charge in [0, 0.05) is 6.07 Å². The van der Waals surface area contributed by atoms with Gasteiger partial charge in [-0.3, -0.25) is 10.1 Å². The second-order valence-electron chi connectivity index (χ2n) is 5.46. The molecular weight excluding hydrogens is 318 g/mol. The fourth-order valence-corrected chi connectivity index (χ4v) is 2.32. The van der Waals surface area contributed by atoms with Crippen LogP contribution in [0, 0.1) is 10.1 Å². The van der Waals surface area contributed by atoms with E-state index in [9.17, 15) is 10.1 Å². The van der Waals surface area contributed by atoms with E-state index in [0.717, 1.165) is 16.9 Å². The summed E-state index contributed by atoms with van der Waals surface area (Å²) in [5.74, 6) is 1.22. The van der Waals surface area contributed by atoms with E-state index in [2.05, 4.69) is 0 Å². The number of ether oxygens (including phenoxy) is 2. The van der Waals surface area contributed by atoms with Gasteiger partial charge in [0.1, 0.15) is 24.7 Å². The fourth-order valence-electron chi connectivity index (χ4n) is 2.32. The predicted octanol–water partition coefficient (Wildman–Crippen LogP) is 4.75. The van der Waals surface area contributed by atoms with Gasteiger partial charge in [-0.25, -0.2) is 0 Å². The third-order valence-electron chi connectivity index (χ3n) is 3.58. The van der Waals surface area contributed by atoms with Gasteiger partial charge in [-0.1, -0.05) is 48.5 Å². The highest BCUT2D eigenvalue weighted by atomic mass is 16.6. The highest BCUT2D eigenvalue weighted by molar-refractivity contribution is 5.38. The van der Waals surface area contributed by atoms with Gasteiger partial charge in [-0.15, -0.1) is 0 Å². The van der Waals surface area contributed by atoms with Gasteiger partial charge < -0.3 is 9.47 Å². The van der Waals surface area contributed by atoms with Crippen molar-refractivity contribution in [3.05, 3.63) is 100 Å². The second kappa shape index (κ2) is 7.97. The van der Waals surface area contributed by atoms with E-state index < -0.39 is 4.92 Å². The van der Waals surface area contributed by atoms with Crippen LogP contribution in [0.5, 0.6) is 11.5 Å². The molecule has 3 aromatic carbocycles. The molecule has 0 aliphatic rings. The summed E-state index contributed by atoms with van der Waals surface area (Å²) in [6, 6.07) is 23.7. The zero-order valence-electron chi connectivity index (χ0n) is 13.5. The van der Waals surface area contributed by atoms with Crippen LogP contribution < -0.4 is 9.47 Å². The Bertz CT molecular complexity index is 849. The van der Waals surface area contributed by atoms with Crippen LogP contribution in [-0.4, -0.2) is 4.92 Å². The summed E-state index contributed by atoms with van der Waals surface area (Å²) in [5.41, 5.74) is 2.04. The van der Waals surface area contributed by atoms with Crippen molar-refractivity contribution in [3.8, 4) is 11.5 Å². The van der Waals surface area contributed by atoms with E-state index in [1.54, 1.807) is 12.1 Å². The highest BCUT2D eigenvalue weighted by Gasteiger charge is 2.06. The molecule has 25 heavy (non-hydrogen) atoms. The predicted molar refractivity (Wildman–Crippen MR) is 94.6 cm³/mol. The van der Waals surface area contributed by atoms with Crippen LogP contribution >= 0.6 is 0 Å². The van der Waals surface area contributed by atoms with Crippen LogP contribution in [0.1, 0.15) is 11.1 Å². The molecule has 0 heterocycles. The van der Waals surface area contributed by atoms with Crippen molar-refractivity contribution in [2.45, 2.75) is 13.2 Å². The van der Waals surface area contributed by atoms with Crippen molar-refractivity contribution in [2.24, 2.45) is 0 Å². The summed E-state index contributed by atoms with van der Waals surface area (Å²) in [4.78, 5) is 10.4. The molecular formula is C20H17NO4. The topological polar surface area (TPSA) is 61.6 Å². The lowest BCUT2D eigenvalue weighted by Gasteiger charge is -2.09.